The molecule has 0 aromatic heterocycles. The van der Waals surface area contributed by atoms with Crippen LogP contribution in [-0.4, -0.2) is 55.1 Å². The molecule has 0 bridgehead atoms. The van der Waals surface area contributed by atoms with Gasteiger partial charge in [0.25, 0.3) is 0 Å². The number of nitriles is 1. The maximum atomic E-state index is 13.6. The molecule has 140 valence electrons. The van der Waals surface area contributed by atoms with E-state index in [0.717, 1.165) is 12.8 Å². The van der Waals surface area contributed by atoms with Crippen LogP contribution in [0.5, 0.6) is 0 Å². The zero-order valence-corrected chi connectivity index (χ0v) is 15.1. The molecule has 3 rings (SSSR count). The number of nitrogens with one attached hydrogen (secondary N) is 1. The van der Waals surface area contributed by atoms with Crippen LogP contribution in [0.3, 0.4) is 0 Å². The standard InChI is InChI=1S/C17H21FN4O3S/c18-16-9-13(4-5-14(16)10-19)11-20-17(23)21-6-1-3-15(12-21)22-7-2-8-26(22,24)25/h4-5,9,15H,1-3,6-8,11-12H2,(H,20,23). The number of carbonyl (C=O) groups excluding carboxylic acids is 1. The molecule has 2 heterocycles. The van der Waals surface area contributed by atoms with Crippen LogP contribution in [0.4, 0.5) is 9.18 Å². The average molecular weight is 380 g/mol. The molecule has 2 aliphatic rings. The first-order valence-corrected chi connectivity index (χ1v) is 10.2. The van der Waals surface area contributed by atoms with Crippen molar-refractivity contribution in [2.45, 2.75) is 31.8 Å². The Morgan fingerprint density at radius 1 is 1.35 bits per heavy atom. The van der Waals surface area contributed by atoms with Gasteiger partial charge in [-0.2, -0.15) is 9.57 Å². The third-order valence-electron chi connectivity index (χ3n) is 4.83. The van der Waals surface area contributed by atoms with E-state index in [1.54, 1.807) is 17.0 Å². The summed E-state index contributed by atoms with van der Waals surface area (Å²) in [7, 11) is -3.20. The number of sulfonamides is 1. The molecule has 1 N–H and O–H groups in total. The quantitative estimate of drug-likeness (QED) is 0.858. The SMILES string of the molecule is N#Cc1ccc(CNC(=O)N2CCCC(N3CCCS3(=O)=O)C2)cc1F. The van der Waals surface area contributed by atoms with Crippen molar-refractivity contribution in [2.75, 3.05) is 25.4 Å². The summed E-state index contributed by atoms with van der Waals surface area (Å²) < 4.78 is 39.3. The number of likely N-dealkylation sites (tertiary alicyclic amines) is 1. The lowest BCUT2D eigenvalue weighted by molar-refractivity contribution is 0.153. The minimum atomic E-state index is -3.20. The molecule has 26 heavy (non-hydrogen) atoms. The summed E-state index contributed by atoms with van der Waals surface area (Å²) in [5.74, 6) is -0.434. The Morgan fingerprint density at radius 3 is 2.81 bits per heavy atom. The Kier molecular flexibility index (Phi) is 5.44. The maximum Gasteiger partial charge on any atom is 0.317 e. The normalized spacial score (nSPS) is 22.8. The molecule has 0 aliphatic carbocycles. The first kappa shape index (κ1) is 18.6. The van der Waals surface area contributed by atoms with E-state index in [9.17, 15) is 17.6 Å². The van der Waals surface area contributed by atoms with E-state index in [0.29, 0.717) is 31.6 Å². The maximum absolute atomic E-state index is 13.6. The van der Waals surface area contributed by atoms with Crippen molar-refractivity contribution in [1.82, 2.24) is 14.5 Å². The fourth-order valence-electron chi connectivity index (χ4n) is 3.49. The van der Waals surface area contributed by atoms with Crippen molar-refractivity contribution >= 4 is 16.1 Å². The van der Waals surface area contributed by atoms with Gasteiger partial charge in [0.2, 0.25) is 10.0 Å². The van der Waals surface area contributed by atoms with Crippen molar-refractivity contribution in [3.63, 3.8) is 0 Å². The first-order valence-electron chi connectivity index (χ1n) is 8.61. The van der Waals surface area contributed by atoms with E-state index in [1.807, 2.05) is 0 Å². The highest BCUT2D eigenvalue weighted by atomic mass is 32.2. The number of piperidine rings is 1. The van der Waals surface area contributed by atoms with Gasteiger partial charge in [0.15, 0.2) is 0 Å². The lowest BCUT2D eigenvalue weighted by atomic mass is 10.1. The minimum Gasteiger partial charge on any atom is -0.334 e. The molecule has 0 saturated carbocycles. The highest BCUT2D eigenvalue weighted by Gasteiger charge is 2.37. The van der Waals surface area contributed by atoms with Gasteiger partial charge in [-0.1, -0.05) is 6.07 Å². The second-order valence-corrected chi connectivity index (χ2v) is 8.65. The number of hydrogen-bond donors (Lipinski definition) is 1. The molecule has 1 atom stereocenters. The summed E-state index contributed by atoms with van der Waals surface area (Å²) in [6, 6.07) is 5.49. The molecule has 0 spiro atoms. The summed E-state index contributed by atoms with van der Waals surface area (Å²) in [4.78, 5) is 14.0. The Hall–Kier alpha value is -2.18. The zero-order chi connectivity index (χ0) is 18.7. The Labute approximate surface area is 152 Å². The molecule has 7 nitrogen and oxygen atoms in total. The van der Waals surface area contributed by atoms with Crippen LogP contribution >= 0.6 is 0 Å². The fraction of sp³-hybridized carbons (Fsp3) is 0.529. The molecule has 1 unspecified atom stereocenters. The van der Waals surface area contributed by atoms with Gasteiger partial charge in [-0.3, -0.25) is 0 Å². The number of urea groups is 1. The molecule has 2 aliphatic heterocycles. The molecular weight excluding hydrogens is 359 g/mol. The summed E-state index contributed by atoms with van der Waals surface area (Å²) in [5, 5.41) is 11.5. The molecular formula is C17H21FN4O3S. The Morgan fingerprint density at radius 2 is 2.15 bits per heavy atom. The summed E-state index contributed by atoms with van der Waals surface area (Å²) in [6.45, 7) is 1.60. The lowest BCUT2D eigenvalue weighted by Gasteiger charge is -2.36. The van der Waals surface area contributed by atoms with Crippen LogP contribution in [0.2, 0.25) is 0 Å². The minimum absolute atomic E-state index is 0.0363. The van der Waals surface area contributed by atoms with Gasteiger partial charge in [-0.05, 0) is 37.0 Å². The van der Waals surface area contributed by atoms with Crippen LogP contribution in [0.25, 0.3) is 0 Å². The highest BCUT2D eigenvalue weighted by molar-refractivity contribution is 7.89. The number of hydrogen-bond acceptors (Lipinski definition) is 4. The van der Waals surface area contributed by atoms with E-state index in [2.05, 4.69) is 5.32 Å². The molecule has 9 heteroatoms. The molecule has 1 aromatic rings. The van der Waals surface area contributed by atoms with Gasteiger partial charge < -0.3 is 10.2 Å². The summed E-state index contributed by atoms with van der Waals surface area (Å²) in [6.07, 6.45) is 2.13. The van der Waals surface area contributed by atoms with E-state index in [1.165, 1.54) is 16.4 Å². The van der Waals surface area contributed by atoms with E-state index in [-0.39, 0.29) is 29.9 Å². The summed E-state index contributed by atoms with van der Waals surface area (Å²) in [5.41, 5.74) is 0.524. The van der Waals surface area contributed by atoms with Crippen molar-refractivity contribution in [1.29, 1.82) is 5.26 Å². The van der Waals surface area contributed by atoms with Gasteiger partial charge >= 0.3 is 6.03 Å². The number of amides is 2. The van der Waals surface area contributed by atoms with E-state index < -0.39 is 15.8 Å². The third kappa shape index (κ3) is 3.97. The van der Waals surface area contributed by atoms with E-state index >= 15 is 0 Å². The van der Waals surface area contributed by atoms with Crippen LogP contribution in [-0.2, 0) is 16.6 Å². The molecule has 2 amide bonds. The molecule has 0 radical (unpaired) electrons. The van der Waals surface area contributed by atoms with Crippen LogP contribution in [0.1, 0.15) is 30.4 Å². The van der Waals surface area contributed by atoms with Crippen LogP contribution < -0.4 is 5.32 Å². The second-order valence-electron chi connectivity index (χ2n) is 6.61. The monoisotopic (exact) mass is 380 g/mol. The van der Waals surface area contributed by atoms with Gasteiger partial charge in [-0.25, -0.2) is 17.6 Å². The molecule has 2 fully saturated rings. The third-order valence-corrected chi connectivity index (χ3v) is 6.83. The Balaban J connectivity index is 1.58. The number of rotatable bonds is 3. The molecule has 1 aromatic carbocycles. The van der Waals surface area contributed by atoms with Crippen molar-refractivity contribution < 1.29 is 17.6 Å². The largest absolute Gasteiger partial charge is 0.334 e. The smallest absolute Gasteiger partial charge is 0.317 e. The lowest BCUT2D eigenvalue weighted by Crippen LogP contribution is -2.52. The number of carbonyl (C=O) groups is 1. The Bertz CT molecular complexity index is 837. The number of benzene rings is 1. The zero-order valence-electron chi connectivity index (χ0n) is 14.3. The van der Waals surface area contributed by atoms with Gasteiger partial charge in [-0.15, -0.1) is 0 Å². The van der Waals surface area contributed by atoms with Crippen LogP contribution in [0, 0.1) is 17.1 Å². The summed E-state index contributed by atoms with van der Waals surface area (Å²) >= 11 is 0. The van der Waals surface area contributed by atoms with Crippen molar-refractivity contribution in [3.05, 3.63) is 35.1 Å². The highest BCUT2D eigenvalue weighted by Crippen LogP contribution is 2.23. The topological polar surface area (TPSA) is 93.5 Å². The van der Waals surface area contributed by atoms with E-state index in [4.69, 9.17) is 5.26 Å². The average Bonchev–Trinajstić information content (AvgIpc) is 2.99. The predicted molar refractivity (Wildman–Crippen MR) is 93.1 cm³/mol. The van der Waals surface area contributed by atoms with Crippen LogP contribution in [0.15, 0.2) is 18.2 Å². The fourth-order valence-corrected chi connectivity index (χ4v) is 5.25. The molecule has 2 saturated heterocycles. The van der Waals surface area contributed by atoms with Gasteiger partial charge in [0.05, 0.1) is 11.3 Å². The van der Waals surface area contributed by atoms with Crippen molar-refractivity contribution in [2.24, 2.45) is 0 Å². The predicted octanol–water partition coefficient (Wildman–Crippen LogP) is 1.41. The number of halogens is 1. The first-order chi connectivity index (χ1) is 12.4. The van der Waals surface area contributed by atoms with Gasteiger partial charge in [0, 0.05) is 32.2 Å². The van der Waals surface area contributed by atoms with Gasteiger partial charge in [0.1, 0.15) is 11.9 Å². The second kappa shape index (κ2) is 7.60. The number of nitrogens with zero attached hydrogens (tertiary/aromatic N) is 3. The van der Waals surface area contributed by atoms with Crippen molar-refractivity contribution in [3.8, 4) is 6.07 Å².